The van der Waals surface area contributed by atoms with E-state index in [9.17, 15) is 14.7 Å². The lowest BCUT2D eigenvalue weighted by molar-refractivity contribution is 0.0984. The van der Waals surface area contributed by atoms with E-state index in [-0.39, 0.29) is 5.78 Å². The Labute approximate surface area is 104 Å². The lowest BCUT2D eigenvalue weighted by Crippen LogP contribution is -2.45. The molecule has 1 aromatic heterocycles. The Bertz CT molecular complexity index is 434. The quantitative estimate of drug-likeness (QED) is 0.844. The van der Waals surface area contributed by atoms with Gasteiger partial charge in [-0.1, -0.05) is 6.92 Å². The van der Waals surface area contributed by atoms with Crippen LogP contribution in [0, 0.1) is 0 Å². The predicted molar refractivity (Wildman–Crippen MR) is 67.0 cm³/mol. The van der Waals surface area contributed by atoms with Crippen molar-refractivity contribution in [2.75, 3.05) is 4.90 Å². The van der Waals surface area contributed by atoms with Crippen LogP contribution in [0.2, 0.25) is 0 Å². The summed E-state index contributed by atoms with van der Waals surface area (Å²) in [5, 5.41) is 11.1. The zero-order chi connectivity index (χ0) is 13.2. The first-order chi connectivity index (χ1) is 7.77. The number of rotatable bonds is 3. The molecule has 0 fully saturated rings. The number of carbonyl (C=O) groups is 2. The maximum Gasteiger partial charge on any atom is 0.414 e. The Kier molecular flexibility index (Phi) is 3.87. The number of Topliss-reactive ketones (excluding diaryl/α,β-unsaturated/α-hetero) is 1. The monoisotopic (exact) mass is 256 g/mol. The first-order valence-corrected chi connectivity index (χ1v) is 6.17. The van der Waals surface area contributed by atoms with E-state index in [0.29, 0.717) is 17.2 Å². The van der Waals surface area contributed by atoms with E-state index in [1.54, 1.807) is 33.1 Å². The van der Waals surface area contributed by atoms with E-state index in [2.05, 4.69) is 4.98 Å². The second kappa shape index (κ2) is 4.83. The van der Waals surface area contributed by atoms with E-state index in [4.69, 9.17) is 0 Å². The van der Waals surface area contributed by atoms with Crippen LogP contribution in [0.1, 0.15) is 44.6 Å². The molecule has 17 heavy (non-hydrogen) atoms. The van der Waals surface area contributed by atoms with Crippen LogP contribution < -0.4 is 4.90 Å². The summed E-state index contributed by atoms with van der Waals surface area (Å²) < 4.78 is 0. The summed E-state index contributed by atoms with van der Waals surface area (Å²) in [7, 11) is 0. The molecule has 0 aliphatic heterocycles. The Morgan fingerprint density at radius 1 is 1.47 bits per heavy atom. The zero-order valence-electron chi connectivity index (χ0n) is 10.4. The molecule has 1 aromatic rings. The van der Waals surface area contributed by atoms with Gasteiger partial charge in [-0.3, -0.25) is 4.79 Å². The molecular weight excluding hydrogens is 240 g/mol. The first-order valence-electron chi connectivity index (χ1n) is 5.29. The molecule has 1 amide bonds. The summed E-state index contributed by atoms with van der Waals surface area (Å²) in [6.45, 7) is 7.09. The second-order valence-electron chi connectivity index (χ2n) is 4.58. The maximum absolute atomic E-state index is 11.4. The molecular formula is C11H16N2O3S. The fourth-order valence-electron chi connectivity index (χ4n) is 1.33. The van der Waals surface area contributed by atoms with Crippen LogP contribution in [-0.2, 0) is 0 Å². The fraction of sp³-hybridized carbons (Fsp3) is 0.545. The lowest BCUT2D eigenvalue weighted by atomic mass is 10.1. The number of thiazole rings is 1. The SMILES string of the molecule is CCC(=O)c1csc(N(C(=O)O)C(C)(C)C)n1. The third kappa shape index (κ3) is 3.03. The van der Waals surface area contributed by atoms with Gasteiger partial charge in [-0.25, -0.2) is 14.7 Å². The summed E-state index contributed by atoms with van der Waals surface area (Å²) in [5.74, 6) is -0.0771. The highest BCUT2D eigenvalue weighted by Crippen LogP contribution is 2.27. The summed E-state index contributed by atoms with van der Waals surface area (Å²) in [6, 6.07) is 0. The van der Waals surface area contributed by atoms with Gasteiger partial charge in [0.2, 0.25) is 0 Å². The van der Waals surface area contributed by atoms with E-state index in [1.165, 1.54) is 16.2 Å². The van der Waals surface area contributed by atoms with Crippen LogP contribution in [0.4, 0.5) is 9.93 Å². The van der Waals surface area contributed by atoms with Crippen molar-refractivity contribution in [2.45, 2.75) is 39.7 Å². The predicted octanol–water partition coefficient (Wildman–Crippen LogP) is 3.02. The van der Waals surface area contributed by atoms with Crippen molar-refractivity contribution >= 4 is 28.3 Å². The molecule has 0 atom stereocenters. The molecule has 0 unspecified atom stereocenters. The van der Waals surface area contributed by atoms with Crippen molar-refractivity contribution in [2.24, 2.45) is 0 Å². The Morgan fingerprint density at radius 3 is 2.47 bits per heavy atom. The van der Waals surface area contributed by atoms with Gasteiger partial charge in [0.05, 0.1) is 0 Å². The number of anilines is 1. The Morgan fingerprint density at radius 2 is 2.06 bits per heavy atom. The Balaban J connectivity index is 3.09. The number of aromatic nitrogens is 1. The van der Waals surface area contributed by atoms with Gasteiger partial charge in [0.1, 0.15) is 5.69 Å². The van der Waals surface area contributed by atoms with E-state index < -0.39 is 11.6 Å². The third-order valence-electron chi connectivity index (χ3n) is 2.15. The summed E-state index contributed by atoms with van der Waals surface area (Å²) in [4.78, 5) is 27.9. The molecule has 0 saturated heterocycles. The van der Waals surface area contributed by atoms with Gasteiger partial charge in [-0.2, -0.15) is 0 Å². The molecule has 0 aliphatic rings. The molecule has 0 spiro atoms. The minimum absolute atomic E-state index is 0.0771. The minimum atomic E-state index is -1.07. The molecule has 0 bridgehead atoms. The molecule has 1 N–H and O–H groups in total. The molecule has 1 heterocycles. The number of carboxylic acid groups (broad SMARTS) is 1. The van der Waals surface area contributed by atoms with Crippen LogP contribution in [-0.4, -0.2) is 27.5 Å². The van der Waals surface area contributed by atoms with E-state index in [0.717, 1.165) is 0 Å². The number of ketones is 1. The van der Waals surface area contributed by atoms with Crippen LogP contribution in [0.3, 0.4) is 0 Å². The molecule has 0 saturated carbocycles. The van der Waals surface area contributed by atoms with Crippen LogP contribution in [0.15, 0.2) is 5.38 Å². The normalized spacial score (nSPS) is 11.3. The largest absolute Gasteiger partial charge is 0.465 e. The second-order valence-corrected chi connectivity index (χ2v) is 5.42. The molecule has 0 aliphatic carbocycles. The van der Waals surface area contributed by atoms with Gasteiger partial charge in [-0.15, -0.1) is 11.3 Å². The van der Waals surface area contributed by atoms with Crippen LogP contribution in [0.25, 0.3) is 0 Å². The topological polar surface area (TPSA) is 70.5 Å². The molecule has 0 aromatic carbocycles. The number of hydrogen-bond acceptors (Lipinski definition) is 4. The van der Waals surface area contributed by atoms with Gasteiger partial charge in [-0.05, 0) is 20.8 Å². The van der Waals surface area contributed by atoms with Crippen molar-refractivity contribution < 1.29 is 14.7 Å². The van der Waals surface area contributed by atoms with Crippen molar-refractivity contribution in [3.05, 3.63) is 11.1 Å². The Hall–Kier alpha value is -1.43. The smallest absolute Gasteiger partial charge is 0.414 e. The van der Waals surface area contributed by atoms with E-state index in [1.807, 2.05) is 0 Å². The van der Waals surface area contributed by atoms with Crippen molar-refractivity contribution in [3.8, 4) is 0 Å². The molecule has 0 radical (unpaired) electrons. The molecule has 1 rings (SSSR count). The summed E-state index contributed by atoms with van der Waals surface area (Å²) >= 11 is 1.17. The van der Waals surface area contributed by atoms with Gasteiger partial charge in [0, 0.05) is 17.3 Å². The maximum atomic E-state index is 11.4. The average Bonchev–Trinajstić information content (AvgIpc) is 2.62. The van der Waals surface area contributed by atoms with Crippen LogP contribution in [0.5, 0.6) is 0 Å². The highest BCUT2D eigenvalue weighted by molar-refractivity contribution is 7.14. The van der Waals surface area contributed by atoms with Gasteiger partial charge < -0.3 is 5.11 Å². The molecule has 5 nitrogen and oxygen atoms in total. The lowest BCUT2D eigenvalue weighted by Gasteiger charge is -2.30. The zero-order valence-corrected chi connectivity index (χ0v) is 11.2. The third-order valence-corrected chi connectivity index (χ3v) is 2.98. The fourth-order valence-corrected chi connectivity index (χ4v) is 2.34. The summed E-state index contributed by atoms with van der Waals surface area (Å²) in [5.41, 5.74) is -0.251. The molecule has 94 valence electrons. The highest BCUT2D eigenvalue weighted by atomic mass is 32.1. The number of hydrogen-bond donors (Lipinski definition) is 1. The van der Waals surface area contributed by atoms with Crippen molar-refractivity contribution in [3.63, 3.8) is 0 Å². The summed E-state index contributed by atoms with van der Waals surface area (Å²) in [6.07, 6.45) is -0.700. The van der Waals surface area contributed by atoms with Gasteiger partial charge >= 0.3 is 6.09 Å². The van der Waals surface area contributed by atoms with Gasteiger partial charge in [0.15, 0.2) is 10.9 Å². The number of amides is 1. The average molecular weight is 256 g/mol. The van der Waals surface area contributed by atoms with Crippen molar-refractivity contribution in [1.82, 2.24) is 4.98 Å². The van der Waals surface area contributed by atoms with Crippen LogP contribution >= 0.6 is 11.3 Å². The van der Waals surface area contributed by atoms with Gasteiger partial charge in [0.25, 0.3) is 0 Å². The number of carbonyl (C=O) groups excluding carboxylic acids is 1. The van der Waals surface area contributed by atoms with E-state index >= 15 is 0 Å². The highest BCUT2D eigenvalue weighted by Gasteiger charge is 2.30. The first kappa shape index (κ1) is 13.6. The number of nitrogens with zero attached hydrogens (tertiary/aromatic N) is 2. The standard InChI is InChI=1S/C11H16N2O3S/c1-5-8(14)7-6-17-9(12-7)13(10(15)16)11(2,3)4/h6H,5H2,1-4H3,(H,15,16). The minimum Gasteiger partial charge on any atom is -0.465 e. The molecule has 6 heteroatoms. The van der Waals surface area contributed by atoms with Crippen molar-refractivity contribution in [1.29, 1.82) is 0 Å².